The van der Waals surface area contributed by atoms with Crippen molar-refractivity contribution in [2.24, 2.45) is 0 Å². The van der Waals surface area contributed by atoms with Gasteiger partial charge in [0.2, 0.25) is 0 Å². The van der Waals surface area contributed by atoms with E-state index in [1.807, 2.05) is 0 Å². The minimum atomic E-state index is 0.956. The van der Waals surface area contributed by atoms with E-state index in [9.17, 15) is 0 Å². The number of aromatic amines is 1. The van der Waals surface area contributed by atoms with Crippen molar-refractivity contribution in [3.8, 4) is 0 Å². The number of fused-ring (bicyclic) bond motifs is 1. The van der Waals surface area contributed by atoms with Gasteiger partial charge >= 0.3 is 0 Å². The van der Waals surface area contributed by atoms with Crippen LogP contribution in [0.3, 0.4) is 0 Å². The minimum absolute atomic E-state index is 0.956. The molecule has 0 radical (unpaired) electrons. The number of aryl methyl sites for hydroxylation is 3. The van der Waals surface area contributed by atoms with E-state index in [1.165, 1.54) is 16.6 Å². The molecule has 0 aliphatic heterocycles. The number of H-pyrrole nitrogens is 1. The molecular formula is C10H13N3. The zero-order chi connectivity index (χ0) is 9.42. The predicted molar refractivity (Wildman–Crippen MR) is 52.7 cm³/mol. The molecule has 2 aromatic rings. The molecule has 0 aromatic carbocycles. The maximum atomic E-state index is 4.27. The molecule has 0 saturated heterocycles. The minimum Gasteiger partial charge on any atom is -0.343 e. The summed E-state index contributed by atoms with van der Waals surface area (Å²) in [5.74, 6) is 0. The zero-order valence-electron chi connectivity index (χ0n) is 8.18. The van der Waals surface area contributed by atoms with Crippen LogP contribution in [0.2, 0.25) is 0 Å². The van der Waals surface area contributed by atoms with Gasteiger partial charge in [-0.05, 0) is 25.8 Å². The van der Waals surface area contributed by atoms with Gasteiger partial charge < -0.3 is 4.98 Å². The van der Waals surface area contributed by atoms with Crippen LogP contribution < -0.4 is 0 Å². The van der Waals surface area contributed by atoms with Crippen LogP contribution >= 0.6 is 0 Å². The normalized spacial score (nSPS) is 11.0. The van der Waals surface area contributed by atoms with Crippen LogP contribution in [0.4, 0.5) is 0 Å². The fourth-order valence-electron chi connectivity index (χ4n) is 1.64. The van der Waals surface area contributed by atoms with Gasteiger partial charge in [-0.25, -0.2) is 9.97 Å². The van der Waals surface area contributed by atoms with Crippen LogP contribution in [0, 0.1) is 13.8 Å². The molecule has 0 aliphatic rings. The lowest BCUT2D eigenvalue weighted by Crippen LogP contribution is -1.90. The second kappa shape index (κ2) is 2.83. The number of nitrogens with one attached hydrogen (secondary N) is 1. The molecule has 3 nitrogen and oxygen atoms in total. The van der Waals surface area contributed by atoms with Crippen molar-refractivity contribution in [3.63, 3.8) is 0 Å². The molecule has 13 heavy (non-hydrogen) atoms. The van der Waals surface area contributed by atoms with Crippen molar-refractivity contribution in [1.82, 2.24) is 15.0 Å². The molecule has 0 amide bonds. The summed E-state index contributed by atoms with van der Waals surface area (Å²) in [5, 5.41) is 1.20. The van der Waals surface area contributed by atoms with Crippen LogP contribution in [-0.4, -0.2) is 15.0 Å². The third-order valence-corrected chi connectivity index (χ3v) is 2.50. The molecule has 0 aliphatic carbocycles. The van der Waals surface area contributed by atoms with Crippen LogP contribution in [-0.2, 0) is 6.42 Å². The third kappa shape index (κ3) is 1.11. The fourth-order valence-corrected chi connectivity index (χ4v) is 1.64. The first-order chi connectivity index (χ1) is 6.24. The van der Waals surface area contributed by atoms with Crippen molar-refractivity contribution in [3.05, 3.63) is 23.3 Å². The summed E-state index contributed by atoms with van der Waals surface area (Å²) in [4.78, 5) is 11.7. The Kier molecular flexibility index (Phi) is 1.79. The van der Waals surface area contributed by atoms with Crippen LogP contribution in [0.5, 0.6) is 0 Å². The lowest BCUT2D eigenvalue weighted by molar-refractivity contribution is 1.03. The van der Waals surface area contributed by atoms with E-state index < -0.39 is 0 Å². The molecule has 2 rings (SSSR count). The number of nitrogens with zero attached hydrogens (tertiary/aromatic N) is 2. The smallest absolute Gasteiger partial charge is 0.141 e. The van der Waals surface area contributed by atoms with Gasteiger partial charge in [-0.2, -0.15) is 0 Å². The second-order valence-electron chi connectivity index (χ2n) is 3.27. The van der Waals surface area contributed by atoms with Gasteiger partial charge in [-0.1, -0.05) is 6.92 Å². The van der Waals surface area contributed by atoms with E-state index in [0.717, 1.165) is 17.8 Å². The molecule has 1 N–H and O–H groups in total. The number of aromatic nitrogens is 3. The molecule has 0 fully saturated rings. The highest BCUT2D eigenvalue weighted by Crippen LogP contribution is 2.21. The highest BCUT2D eigenvalue weighted by atomic mass is 14.9. The zero-order valence-corrected chi connectivity index (χ0v) is 8.18. The van der Waals surface area contributed by atoms with E-state index in [1.54, 1.807) is 6.33 Å². The van der Waals surface area contributed by atoms with Gasteiger partial charge in [-0.3, -0.25) is 0 Å². The first-order valence-electron chi connectivity index (χ1n) is 4.52. The monoisotopic (exact) mass is 175 g/mol. The molecule has 0 atom stereocenters. The molecule has 3 heteroatoms. The Morgan fingerprint density at radius 2 is 2.08 bits per heavy atom. The van der Waals surface area contributed by atoms with Crippen molar-refractivity contribution in [2.45, 2.75) is 27.2 Å². The predicted octanol–water partition coefficient (Wildman–Crippen LogP) is 2.14. The summed E-state index contributed by atoms with van der Waals surface area (Å²) in [7, 11) is 0. The highest BCUT2D eigenvalue weighted by Gasteiger charge is 2.08. The molecule has 0 spiro atoms. The van der Waals surface area contributed by atoms with Crippen molar-refractivity contribution in [2.75, 3.05) is 0 Å². The summed E-state index contributed by atoms with van der Waals surface area (Å²) in [6.45, 7) is 6.29. The fraction of sp³-hybridized carbons (Fsp3) is 0.400. The van der Waals surface area contributed by atoms with E-state index in [4.69, 9.17) is 0 Å². The second-order valence-corrected chi connectivity index (χ2v) is 3.27. The molecule has 0 saturated carbocycles. The molecule has 2 aromatic heterocycles. The first kappa shape index (κ1) is 8.23. The standard InChI is InChI=1S/C10H13N3/c1-4-8-9-6(2)7(3)13-10(9)12-5-11-8/h5H,4H2,1-3H3,(H,11,12,13). The van der Waals surface area contributed by atoms with Gasteiger partial charge in [0, 0.05) is 11.1 Å². The van der Waals surface area contributed by atoms with Crippen molar-refractivity contribution >= 4 is 11.0 Å². The van der Waals surface area contributed by atoms with Gasteiger partial charge in [0.25, 0.3) is 0 Å². The van der Waals surface area contributed by atoms with E-state index in [0.29, 0.717) is 0 Å². The number of hydrogen-bond acceptors (Lipinski definition) is 2. The molecule has 2 heterocycles. The van der Waals surface area contributed by atoms with Gasteiger partial charge in [0.05, 0.1) is 5.69 Å². The Bertz CT molecular complexity index is 443. The SMILES string of the molecule is CCc1ncnc2[nH]c(C)c(C)c12. The molecule has 0 bridgehead atoms. The average Bonchev–Trinajstić information content (AvgIpc) is 2.43. The number of rotatable bonds is 1. The Labute approximate surface area is 77.2 Å². The summed E-state index contributed by atoms with van der Waals surface area (Å²) in [6, 6.07) is 0. The Morgan fingerprint density at radius 1 is 1.31 bits per heavy atom. The summed E-state index contributed by atoms with van der Waals surface area (Å²) >= 11 is 0. The van der Waals surface area contributed by atoms with Gasteiger partial charge in [-0.15, -0.1) is 0 Å². The Balaban J connectivity index is 2.87. The highest BCUT2D eigenvalue weighted by molar-refractivity contribution is 5.83. The Hall–Kier alpha value is -1.38. The lowest BCUT2D eigenvalue weighted by atomic mass is 10.1. The molecule has 0 unspecified atom stereocenters. The van der Waals surface area contributed by atoms with Gasteiger partial charge in [0.15, 0.2) is 0 Å². The van der Waals surface area contributed by atoms with E-state index >= 15 is 0 Å². The maximum absolute atomic E-state index is 4.27. The number of hydrogen-bond donors (Lipinski definition) is 1. The third-order valence-electron chi connectivity index (χ3n) is 2.50. The maximum Gasteiger partial charge on any atom is 0.141 e. The summed E-state index contributed by atoms with van der Waals surface area (Å²) in [6.07, 6.45) is 2.58. The Morgan fingerprint density at radius 3 is 2.77 bits per heavy atom. The topological polar surface area (TPSA) is 41.6 Å². The summed E-state index contributed by atoms with van der Waals surface area (Å²) < 4.78 is 0. The van der Waals surface area contributed by atoms with Crippen LogP contribution in [0.15, 0.2) is 6.33 Å². The molecular weight excluding hydrogens is 162 g/mol. The quantitative estimate of drug-likeness (QED) is 0.721. The van der Waals surface area contributed by atoms with Crippen LogP contribution in [0.1, 0.15) is 23.9 Å². The van der Waals surface area contributed by atoms with Crippen LogP contribution in [0.25, 0.3) is 11.0 Å². The van der Waals surface area contributed by atoms with E-state index in [2.05, 4.69) is 35.7 Å². The lowest BCUT2D eigenvalue weighted by Gasteiger charge is -1.97. The van der Waals surface area contributed by atoms with E-state index in [-0.39, 0.29) is 0 Å². The molecule has 68 valence electrons. The van der Waals surface area contributed by atoms with Gasteiger partial charge in [0.1, 0.15) is 12.0 Å². The largest absolute Gasteiger partial charge is 0.343 e. The average molecular weight is 175 g/mol. The van der Waals surface area contributed by atoms with Crippen molar-refractivity contribution in [1.29, 1.82) is 0 Å². The van der Waals surface area contributed by atoms with Crippen molar-refractivity contribution < 1.29 is 0 Å². The first-order valence-corrected chi connectivity index (χ1v) is 4.52. The summed E-state index contributed by atoms with van der Waals surface area (Å²) in [5.41, 5.74) is 4.55.